The third-order valence-electron chi connectivity index (χ3n) is 3.82. The van der Waals surface area contributed by atoms with Gasteiger partial charge in [0.2, 0.25) is 11.8 Å². The van der Waals surface area contributed by atoms with Gasteiger partial charge in [-0.25, -0.2) is 9.69 Å². The Bertz CT molecular complexity index is 931. The molecule has 27 heavy (non-hydrogen) atoms. The topological polar surface area (TPSA) is 124 Å². The number of aromatic hydroxyl groups is 1. The van der Waals surface area contributed by atoms with Crippen LogP contribution >= 0.6 is 11.8 Å². The van der Waals surface area contributed by atoms with E-state index in [0.717, 1.165) is 28.8 Å². The van der Waals surface area contributed by atoms with Crippen LogP contribution in [0, 0.1) is 0 Å². The summed E-state index contributed by atoms with van der Waals surface area (Å²) in [6.07, 6.45) is -0.236. The molecular weight excluding hydrogens is 372 g/mol. The molecule has 1 atom stereocenters. The van der Waals surface area contributed by atoms with Crippen molar-refractivity contribution < 1.29 is 29.4 Å². The van der Waals surface area contributed by atoms with Gasteiger partial charge in [-0.1, -0.05) is 18.2 Å². The molecule has 1 saturated heterocycles. The number of anilines is 2. The van der Waals surface area contributed by atoms with Crippen LogP contribution in [-0.4, -0.2) is 38.5 Å². The number of rotatable bonds is 5. The first kappa shape index (κ1) is 18.5. The Kier molecular flexibility index (Phi) is 5.13. The second-order valence-electron chi connectivity index (χ2n) is 5.67. The molecule has 2 aromatic rings. The van der Waals surface area contributed by atoms with Crippen molar-refractivity contribution in [2.75, 3.05) is 10.2 Å². The monoisotopic (exact) mass is 386 g/mol. The number of hydrogen-bond acceptors (Lipinski definition) is 6. The molecule has 0 radical (unpaired) electrons. The lowest BCUT2D eigenvalue weighted by Gasteiger charge is -2.13. The molecule has 3 N–H and O–H groups in total. The third kappa shape index (κ3) is 3.93. The number of benzene rings is 2. The zero-order valence-electron chi connectivity index (χ0n) is 13.8. The summed E-state index contributed by atoms with van der Waals surface area (Å²) in [5.74, 6) is -2.80. The number of nitrogens with one attached hydrogen (secondary N) is 1. The Labute approximate surface area is 157 Å². The number of imide groups is 1. The van der Waals surface area contributed by atoms with Crippen LogP contribution in [0.1, 0.15) is 16.8 Å². The second kappa shape index (κ2) is 7.50. The lowest BCUT2D eigenvalue weighted by molar-refractivity contribution is -0.121. The largest absolute Gasteiger partial charge is 0.507 e. The number of para-hydroxylation sites is 1. The van der Waals surface area contributed by atoms with Crippen LogP contribution in [0.5, 0.6) is 5.75 Å². The molecule has 3 amide bonds. The summed E-state index contributed by atoms with van der Waals surface area (Å²) in [6, 6.07) is 12.0. The summed E-state index contributed by atoms with van der Waals surface area (Å²) < 4.78 is 0. The minimum absolute atomic E-state index is 0.184. The maximum absolute atomic E-state index is 12.5. The highest BCUT2D eigenvalue weighted by atomic mass is 32.2. The van der Waals surface area contributed by atoms with Crippen LogP contribution in [0.4, 0.5) is 16.2 Å². The van der Waals surface area contributed by atoms with E-state index < -0.39 is 34.0 Å². The minimum Gasteiger partial charge on any atom is -0.507 e. The van der Waals surface area contributed by atoms with Gasteiger partial charge in [0.05, 0.1) is 5.69 Å². The summed E-state index contributed by atoms with van der Waals surface area (Å²) in [5, 5.41) is 19.7. The fourth-order valence-electron chi connectivity index (χ4n) is 2.57. The van der Waals surface area contributed by atoms with Crippen molar-refractivity contribution in [3.63, 3.8) is 0 Å². The van der Waals surface area contributed by atoms with E-state index >= 15 is 0 Å². The number of carbonyl (C=O) groups excluding carboxylic acids is 3. The molecule has 2 aromatic carbocycles. The van der Waals surface area contributed by atoms with Crippen LogP contribution in [-0.2, 0) is 9.59 Å². The number of carboxylic acids is 1. The lowest BCUT2D eigenvalue weighted by atomic mass is 10.1. The third-order valence-corrected chi connectivity index (χ3v) is 4.86. The van der Waals surface area contributed by atoms with Crippen molar-refractivity contribution in [3.05, 3.63) is 54.1 Å². The number of carbonyl (C=O) groups is 4. The molecule has 1 aliphatic rings. The molecule has 0 bridgehead atoms. The number of aromatic carboxylic acids is 1. The van der Waals surface area contributed by atoms with Gasteiger partial charge in [0.25, 0.3) is 5.24 Å². The molecule has 1 aliphatic heterocycles. The number of phenols is 1. The quantitative estimate of drug-likeness (QED) is 0.722. The Hall–Kier alpha value is -3.33. The smallest absolute Gasteiger partial charge is 0.339 e. The van der Waals surface area contributed by atoms with E-state index in [4.69, 9.17) is 5.11 Å². The van der Waals surface area contributed by atoms with Gasteiger partial charge >= 0.3 is 5.97 Å². The zero-order chi connectivity index (χ0) is 19.6. The van der Waals surface area contributed by atoms with Crippen LogP contribution < -0.4 is 10.2 Å². The first-order valence-corrected chi connectivity index (χ1v) is 8.70. The van der Waals surface area contributed by atoms with Crippen LogP contribution in [0.2, 0.25) is 0 Å². The average Bonchev–Trinajstić information content (AvgIpc) is 2.88. The molecule has 9 heteroatoms. The van der Waals surface area contributed by atoms with Gasteiger partial charge in [-0.3, -0.25) is 14.4 Å². The molecule has 0 aliphatic carbocycles. The van der Waals surface area contributed by atoms with Gasteiger partial charge in [-0.05, 0) is 36.0 Å². The van der Waals surface area contributed by atoms with Gasteiger partial charge in [0.1, 0.15) is 16.6 Å². The molecule has 0 spiro atoms. The average molecular weight is 386 g/mol. The van der Waals surface area contributed by atoms with E-state index in [1.165, 1.54) is 6.07 Å². The molecule has 0 aromatic heterocycles. The predicted molar refractivity (Wildman–Crippen MR) is 99.0 cm³/mol. The summed E-state index contributed by atoms with van der Waals surface area (Å²) in [7, 11) is 0. The van der Waals surface area contributed by atoms with Crippen molar-refractivity contribution in [2.24, 2.45) is 0 Å². The SMILES string of the molecule is O=C(CC1SC(=O)N(c2ccccc2)C1=O)Nc1ccc(C(=O)O)c(O)c1. The summed E-state index contributed by atoms with van der Waals surface area (Å²) >= 11 is 0.775. The highest BCUT2D eigenvalue weighted by Gasteiger charge is 2.41. The Morgan fingerprint density at radius 2 is 1.81 bits per heavy atom. The standard InChI is InChI=1S/C18H14N2O6S/c21-13-8-10(6-7-12(13)17(24)25)19-15(22)9-14-16(23)20(18(26)27-14)11-4-2-1-3-5-11/h1-8,14,21H,9H2,(H,19,22)(H,24,25). The molecule has 0 saturated carbocycles. The van der Waals surface area contributed by atoms with Crippen molar-refractivity contribution in [3.8, 4) is 5.75 Å². The first-order chi connectivity index (χ1) is 12.9. The van der Waals surface area contributed by atoms with Crippen molar-refractivity contribution in [1.29, 1.82) is 0 Å². The van der Waals surface area contributed by atoms with E-state index in [0.29, 0.717) is 5.69 Å². The van der Waals surface area contributed by atoms with E-state index in [1.807, 2.05) is 0 Å². The van der Waals surface area contributed by atoms with Crippen molar-refractivity contribution >= 4 is 46.2 Å². The fraction of sp³-hybridized carbons (Fsp3) is 0.111. The Morgan fingerprint density at radius 1 is 1.11 bits per heavy atom. The number of nitrogens with zero attached hydrogens (tertiary/aromatic N) is 1. The highest BCUT2D eigenvalue weighted by Crippen LogP contribution is 2.33. The van der Waals surface area contributed by atoms with Crippen LogP contribution in [0.25, 0.3) is 0 Å². The molecule has 8 nitrogen and oxygen atoms in total. The van der Waals surface area contributed by atoms with Crippen LogP contribution in [0.3, 0.4) is 0 Å². The Balaban J connectivity index is 1.66. The molecule has 138 valence electrons. The van der Waals surface area contributed by atoms with E-state index in [9.17, 15) is 24.3 Å². The molecular formula is C18H14N2O6S. The first-order valence-electron chi connectivity index (χ1n) is 7.82. The number of thioether (sulfide) groups is 1. The van der Waals surface area contributed by atoms with Gasteiger partial charge in [-0.2, -0.15) is 0 Å². The second-order valence-corrected chi connectivity index (χ2v) is 6.82. The van der Waals surface area contributed by atoms with E-state index in [2.05, 4.69) is 5.32 Å². The van der Waals surface area contributed by atoms with Gasteiger partial charge in [0, 0.05) is 18.2 Å². The normalized spacial score (nSPS) is 16.4. The summed E-state index contributed by atoms with van der Waals surface area (Å²) in [6.45, 7) is 0. The number of carboxylic acid groups (broad SMARTS) is 1. The number of hydrogen-bond donors (Lipinski definition) is 3. The Morgan fingerprint density at radius 3 is 2.44 bits per heavy atom. The van der Waals surface area contributed by atoms with Crippen molar-refractivity contribution in [1.82, 2.24) is 0 Å². The fourth-order valence-corrected chi connectivity index (χ4v) is 3.55. The van der Waals surface area contributed by atoms with Gasteiger partial charge in [0.15, 0.2) is 0 Å². The summed E-state index contributed by atoms with van der Waals surface area (Å²) in [4.78, 5) is 48.7. The molecule has 1 fully saturated rings. The highest BCUT2D eigenvalue weighted by molar-refractivity contribution is 8.15. The summed E-state index contributed by atoms with van der Waals surface area (Å²) in [5.41, 5.74) is 0.333. The lowest BCUT2D eigenvalue weighted by Crippen LogP contribution is -2.32. The maximum Gasteiger partial charge on any atom is 0.339 e. The zero-order valence-corrected chi connectivity index (χ0v) is 14.6. The maximum atomic E-state index is 12.5. The predicted octanol–water partition coefficient (Wildman–Crippen LogP) is 2.69. The van der Waals surface area contributed by atoms with Crippen LogP contribution in [0.15, 0.2) is 48.5 Å². The van der Waals surface area contributed by atoms with Crippen molar-refractivity contribution in [2.45, 2.75) is 11.7 Å². The minimum atomic E-state index is -1.29. The number of amides is 3. The molecule has 1 unspecified atom stereocenters. The van der Waals surface area contributed by atoms with Gasteiger partial charge in [-0.15, -0.1) is 0 Å². The van der Waals surface area contributed by atoms with E-state index in [-0.39, 0.29) is 17.7 Å². The van der Waals surface area contributed by atoms with E-state index in [1.54, 1.807) is 30.3 Å². The molecule has 3 rings (SSSR count). The molecule has 1 heterocycles. The van der Waals surface area contributed by atoms with Gasteiger partial charge < -0.3 is 15.5 Å².